The smallest absolute Gasteiger partial charge is 0.277 e. The van der Waals surface area contributed by atoms with Crippen LogP contribution in [0.3, 0.4) is 0 Å². The predicted molar refractivity (Wildman–Crippen MR) is 121 cm³/mol. The van der Waals surface area contributed by atoms with Gasteiger partial charge in [0.1, 0.15) is 16.4 Å². The number of hydrogen-bond acceptors (Lipinski definition) is 8. The minimum atomic E-state index is -0.565. The van der Waals surface area contributed by atoms with Crippen molar-refractivity contribution < 1.29 is 9.53 Å². The van der Waals surface area contributed by atoms with Crippen molar-refractivity contribution in [1.82, 2.24) is 14.8 Å². The number of thiazole rings is 1. The van der Waals surface area contributed by atoms with Gasteiger partial charge in [-0.05, 0) is 31.7 Å². The summed E-state index contributed by atoms with van der Waals surface area (Å²) in [5.41, 5.74) is 6.93. The Morgan fingerprint density at radius 1 is 1.50 bits per heavy atom. The second-order valence-electron chi connectivity index (χ2n) is 8.47. The van der Waals surface area contributed by atoms with E-state index in [1.165, 1.54) is 11.3 Å². The lowest BCUT2D eigenvalue weighted by Crippen LogP contribution is -2.49. The van der Waals surface area contributed by atoms with Crippen LogP contribution in [-0.2, 0) is 23.7 Å². The Bertz CT molecular complexity index is 968. The quantitative estimate of drug-likeness (QED) is 0.728. The van der Waals surface area contributed by atoms with Crippen molar-refractivity contribution in [2.24, 2.45) is 29.6 Å². The van der Waals surface area contributed by atoms with Gasteiger partial charge >= 0.3 is 0 Å². The van der Waals surface area contributed by atoms with E-state index in [2.05, 4.69) is 31.2 Å². The molecule has 2 aromatic rings. The number of nitrogens with one attached hydrogen (secondary N) is 1. The minimum Gasteiger partial charge on any atom is -0.379 e. The summed E-state index contributed by atoms with van der Waals surface area (Å²) >= 11 is 3.08. The molecule has 0 spiro atoms. The molecule has 30 heavy (non-hydrogen) atoms. The van der Waals surface area contributed by atoms with Gasteiger partial charge in [0.2, 0.25) is 0 Å². The van der Waals surface area contributed by atoms with Crippen molar-refractivity contribution in [3.63, 3.8) is 0 Å². The monoisotopic (exact) mass is 448 g/mol. The maximum absolute atomic E-state index is 12.7. The van der Waals surface area contributed by atoms with E-state index < -0.39 is 5.54 Å². The third-order valence-electron chi connectivity index (χ3n) is 5.56. The van der Waals surface area contributed by atoms with E-state index in [4.69, 9.17) is 20.4 Å². The number of aryl methyl sites for hydroxylation is 1. The highest BCUT2D eigenvalue weighted by atomic mass is 32.2. The van der Waals surface area contributed by atoms with Crippen LogP contribution in [-0.4, -0.2) is 44.3 Å². The van der Waals surface area contributed by atoms with Crippen molar-refractivity contribution in [1.29, 1.82) is 0 Å². The molecule has 1 unspecified atom stereocenters. The van der Waals surface area contributed by atoms with Crippen LogP contribution in [0.1, 0.15) is 48.4 Å². The minimum absolute atomic E-state index is 0.196. The molecule has 2 aromatic heterocycles. The van der Waals surface area contributed by atoms with E-state index in [1.807, 2.05) is 18.5 Å². The van der Waals surface area contributed by atoms with Gasteiger partial charge in [-0.25, -0.2) is 9.98 Å². The first-order valence-electron chi connectivity index (χ1n) is 10.2. The molecular formula is C20H28N6O2S2. The number of carbonyl (C=O) groups is 1. The number of aliphatic imine (C=N–C) groups is 1. The Morgan fingerprint density at radius 2 is 2.30 bits per heavy atom. The van der Waals surface area contributed by atoms with E-state index in [0.29, 0.717) is 35.1 Å². The van der Waals surface area contributed by atoms with Gasteiger partial charge in [0.15, 0.2) is 10.9 Å². The molecule has 3 atom stereocenters. The molecule has 2 aliphatic heterocycles. The first kappa shape index (κ1) is 21.3. The molecule has 4 heterocycles. The Hall–Kier alpha value is -1.91. The lowest BCUT2D eigenvalue weighted by molar-refractivity contribution is -0.0466. The highest BCUT2D eigenvalue weighted by molar-refractivity contribution is 8.13. The molecule has 0 aromatic carbocycles. The number of anilines is 1. The number of amidine groups is 1. The van der Waals surface area contributed by atoms with E-state index in [-0.39, 0.29) is 12.0 Å². The van der Waals surface area contributed by atoms with Crippen LogP contribution in [0.2, 0.25) is 0 Å². The van der Waals surface area contributed by atoms with Crippen molar-refractivity contribution >= 4 is 40.0 Å². The SMILES string of the molecule is CC(C)Cc1cc(C(=O)Nc2csc(C34CO[C@@H](C)C[C@H]3CSC(N)=N4)n2)nn1C. The molecule has 1 fully saturated rings. The third kappa shape index (κ3) is 4.13. The number of carbonyl (C=O) groups excluding carboxylic acids is 1. The number of aromatic nitrogens is 3. The lowest BCUT2D eigenvalue weighted by Gasteiger charge is -2.44. The fourth-order valence-corrected chi connectivity index (χ4v) is 5.99. The van der Waals surface area contributed by atoms with E-state index in [9.17, 15) is 4.79 Å². The molecule has 3 N–H and O–H groups in total. The zero-order valence-corrected chi connectivity index (χ0v) is 19.3. The van der Waals surface area contributed by atoms with Crippen molar-refractivity contribution in [2.45, 2.75) is 45.3 Å². The van der Waals surface area contributed by atoms with Crippen molar-refractivity contribution in [3.8, 4) is 0 Å². The Balaban J connectivity index is 1.54. The van der Waals surface area contributed by atoms with Gasteiger partial charge in [0.25, 0.3) is 5.91 Å². The molecule has 8 nitrogen and oxygen atoms in total. The van der Waals surface area contributed by atoms with Crippen molar-refractivity contribution in [3.05, 3.63) is 27.8 Å². The normalized spacial score (nSPS) is 26.4. The second kappa shape index (κ2) is 8.32. The van der Waals surface area contributed by atoms with Gasteiger partial charge in [-0.15, -0.1) is 11.3 Å². The summed E-state index contributed by atoms with van der Waals surface area (Å²) < 4.78 is 7.72. The van der Waals surface area contributed by atoms with Gasteiger partial charge in [-0.1, -0.05) is 25.6 Å². The number of nitrogens with two attached hydrogens (primary N) is 1. The maximum atomic E-state index is 12.7. The number of rotatable bonds is 5. The lowest BCUT2D eigenvalue weighted by atomic mass is 9.80. The van der Waals surface area contributed by atoms with Crippen molar-refractivity contribution in [2.75, 3.05) is 17.7 Å². The molecule has 4 rings (SSSR count). The standard InChI is InChI=1S/C20H28N6O2S2/c1-11(2)5-14-7-15(25-26(14)4)17(27)22-16-9-29-18(23-16)20-10-28-12(3)6-13(20)8-30-19(21)24-20/h7,9,11-13H,5-6,8,10H2,1-4H3,(H2,21,24)(H,22,27)/t12-,13-,20?/m0/s1. The summed E-state index contributed by atoms with van der Waals surface area (Å²) in [6, 6.07) is 1.84. The number of amides is 1. The summed E-state index contributed by atoms with van der Waals surface area (Å²) in [6.07, 6.45) is 1.98. The molecular weight excluding hydrogens is 420 g/mol. The summed E-state index contributed by atoms with van der Waals surface area (Å²) in [5, 5.41) is 10.5. The fourth-order valence-electron chi connectivity index (χ4n) is 4.02. The summed E-state index contributed by atoms with van der Waals surface area (Å²) in [6.45, 7) is 6.83. The molecule has 10 heteroatoms. The number of thioether (sulfide) groups is 1. The van der Waals surface area contributed by atoms with Gasteiger partial charge in [-0.3, -0.25) is 9.48 Å². The van der Waals surface area contributed by atoms with Gasteiger partial charge < -0.3 is 15.8 Å². The van der Waals surface area contributed by atoms with Crippen LogP contribution in [0.5, 0.6) is 0 Å². The van der Waals surface area contributed by atoms with E-state index >= 15 is 0 Å². The topological polar surface area (TPSA) is 107 Å². The number of nitrogens with zero attached hydrogens (tertiary/aromatic N) is 4. The molecule has 0 radical (unpaired) electrons. The largest absolute Gasteiger partial charge is 0.379 e. The predicted octanol–water partition coefficient (Wildman–Crippen LogP) is 3.01. The average molecular weight is 449 g/mol. The third-order valence-corrected chi connectivity index (χ3v) is 7.53. The Morgan fingerprint density at radius 3 is 3.07 bits per heavy atom. The molecule has 0 bridgehead atoms. The average Bonchev–Trinajstić information content (AvgIpc) is 3.29. The number of ether oxygens (including phenoxy) is 1. The van der Waals surface area contributed by atoms with Gasteiger partial charge in [0.05, 0.1) is 12.7 Å². The maximum Gasteiger partial charge on any atom is 0.277 e. The highest BCUT2D eigenvalue weighted by Crippen LogP contribution is 2.47. The van der Waals surface area contributed by atoms with Crippen LogP contribution in [0.15, 0.2) is 16.4 Å². The zero-order valence-electron chi connectivity index (χ0n) is 17.7. The van der Waals surface area contributed by atoms with E-state index in [0.717, 1.165) is 29.3 Å². The first-order valence-corrected chi connectivity index (χ1v) is 12.0. The van der Waals surface area contributed by atoms with Crippen LogP contribution >= 0.6 is 23.1 Å². The van der Waals surface area contributed by atoms with Crippen LogP contribution in [0.4, 0.5) is 5.82 Å². The molecule has 0 saturated carbocycles. The molecule has 2 aliphatic rings. The summed E-state index contributed by atoms with van der Waals surface area (Å²) in [7, 11) is 1.86. The summed E-state index contributed by atoms with van der Waals surface area (Å²) in [4.78, 5) is 22.2. The molecule has 1 amide bonds. The van der Waals surface area contributed by atoms with Crippen LogP contribution in [0, 0.1) is 11.8 Å². The summed E-state index contributed by atoms with van der Waals surface area (Å²) in [5.74, 6) is 1.95. The second-order valence-corrected chi connectivity index (χ2v) is 10.4. The molecule has 1 saturated heterocycles. The van der Waals surface area contributed by atoms with Crippen LogP contribution in [0.25, 0.3) is 0 Å². The zero-order chi connectivity index (χ0) is 21.5. The Kier molecular flexibility index (Phi) is 5.91. The highest BCUT2D eigenvalue weighted by Gasteiger charge is 2.49. The fraction of sp³-hybridized carbons (Fsp3) is 0.600. The van der Waals surface area contributed by atoms with Gasteiger partial charge in [-0.2, -0.15) is 5.10 Å². The van der Waals surface area contributed by atoms with Gasteiger partial charge in [0, 0.05) is 29.8 Å². The Labute approximate surface area is 184 Å². The number of hydrogen-bond donors (Lipinski definition) is 2. The molecule has 162 valence electrons. The van der Waals surface area contributed by atoms with Crippen LogP contribution < -0.4 is 11.1 Å². The first-order chi connectivity index (χ1) is 14.3. The van der Waals surface area contributed by atoms with E-state index in [1.54, 1.807) is 16.4 Å². The number of fused-ring (bicyclic) bond motifs is 1. The molecule has 0 aliphatic carbocycles.